The van der Waals surface area contributed by atoms with E-state index in [9.17, 15) is 18.0 Å². The van der Waals surface area contributed by atoms with Gasteiger partial charge in [0.25, 0.3) is 0 Å². The number of nitrogens with two attached hydrogens (primary N) is 1. The molecular formula is C11H10ClF3N2O. The molecule has 0 aliphatic carbocycles. The van der Waals surface area contributed by atoms with Crippen LogP contribution in [0.3, 0.4) is 0 Å². The lowest BCUT2D eigenvalue weighted by molar-refractivity contribution is -0.137. The van der Waals surface area contributed by atoms with Crippen molar-refractivity contribution in [2.24, 2.45) is 5.73 Å². The maximum Gasteiger partial charge on any atom is 0.416 e. The first kappa shape index (κ1) is 14.5. The lowest BCUT2D eigenvalue weighted by Crippen LogP contribution is -2.11. The number of hydrogen-bond donors (Lipinski definition) is 2. The Morgan fingerprint density at radius 3 is 2.61 bits per heavy atom. The minimum absolute atomic E-state index is 0.0264. The number of carbonyl (C=O) groups excluding carboxylic acids is 1. The molecule has 1 rings (SSSR count). The first-order chi connectivity index (χ1) is 8.32. The van der Waals surface area contributed by atoms with Crippen molar-refractivity contribution in [2.45, 2.75) is 6.18 Å². The van der Waals surface area contributed by atoms with Crippen LogP contribution in [0.4, 0.5) is 18.9 Å². The van der Waals surface area contributed by atoms with Crippen LogP contribution in [0.2, 0.25) is 5.02 Å². The van der Waals surface area contributed by atoms with Crippen molar-refractivity contribution < 1.29 is 18.0 Å². The van der Waals surface area contributed by atoms with E-state index in [2.05, 4.69) is 5.32 Å². The Bertz CT molecular complexity index is 472. The van der Waals surface area contributed by atoms with E-state index in [1.54, 1.807) is 0 Å². The van der Waals surface area contributed by atoms with Crippen LogP contribution in [0.15, 0.2) is 30.4 Å². The van der Waals surface area contributed by atoms with Crippen LogP contribution in [0.1, 0.15) is 5.56 Å². The van der Waals surface area contributed by atoms with Crippen molar-refractivity contribution in [1.29, 1.82) is 0 Å². The Morgan fingerprint density at radius 2 is 2.06 bits per heavy atom. The average Bonchev–Trinajstić information content (AvgIpc) is 2.24. The second-order valence-electron chi connectivity index (χ2n) is 3.35. The summed E-state index contributed by atoms with van der Waals surface area (Å²) in [6.07, 6.45) is -2.00. The van der Waals surface area contributed by atoms with Crippen LogP contribution < -0.4 is 11.1 Å². The highest BCUT2D eigenvalue weighted by Crippen LogP contribution is 2.33. The van der Waals surface area contributed by atoms with Crippen molar-refractivity contribution in [1.82, 2.24) is 0 Å². The fraction of sp³-hybridized carbons (Fsp3) is 0.182. The van der Waals surface area contributed by atoms with Gasteiger partial charge in [0.1, 0.15) is 0 Å². The molecular weight excluding hydrogens is 269 g/mol. The minimum atomic E-state index is -4.52. The summed E-state index contributed by atoms with van der Waals surface area (Å²) in [6.45, 7) is 0.163. The molecule has 0 saturated heterocycles. The molecule has 1 aromatic rings. The number of hydrogen-bond acceptors (Lipinski definition) is 2. The number of benzene rings is 1. The topological polar surface area (TPSA) is 55.1 Å². The summed E-state index contributed by atoms with van der Waals surface area (Å²) in [6, 6.07) is 2.82. The monoisotopic (exact) mass is 278 g/mol. The highest BCUT2D eigenvalue weighted by atomic mass is 35.5. The first-order valence-corrected chi connectivity index (χ1v) is 5.26. The summed E-state index contributed by atoms with van der Waals surface area (Å²) in [4.78, 5) is 11.3. The fourth-order valence-corrected chi connectivity index (χ4v) is 1.42. The van der Waals surface area contributed by atoms with Gasteiger partial charge in [0.05, 0.1) is 5.56 Å². The molecule has 0 aliphatic rings. The van der Waals surface area contributed by atoms with Crippen LogP contribution in [0.5, 0.6) is 0 Å². The van der Waals surface area contributed by atoms with Gasteiger partial charge >= 0.3 is 6.18 Å². The van der Waals surface area contributed by atoms with Gasteiger partial charge in [0.15, 0.2) is 0 Å². The highest BCUT2D eigenvalue weighted by molar-refractivity contribution is 6.31. The Labute approximate surface area is 106 Å². The molecule has 7 heteroatoms. The largest absolute Gasteiger partial charge is 0.416 e. The normalized spacial score (nSPS) is 11.8. The van der Waals surface area contributed by atoms with Crippen molar-refractivity contribution in [2.75, 3.05) is 11.9 Å². The number of nitrogens with one attached hydrogen (secondary N) is 1. The summed E-state index contributed by atoms with van der Waals surface area (Å²) in [7, 11) is 0. The maximum atomic E-state index is 12.5. The van der Waals surface area contributed by atoms with E-state index >= 15 is 0 Å². The number of carbonyl (C=O) groups is 1. The van der Waals surface area contributed by atoms with Gasteiger partial charge in [-0.25, -0.2) is 0 Å². The van der Waals surface area contributed by atoms with Crippen molar-refractivity contribution in [3.8, 4) is 0 Å². The molecule has 1 aromatic carbocycles. The quantitative estimate of drug-likeness (QED) is 0.836. The predicted molar refractivity (Wildman–Crippen MR) is 63.3 cm³/mol. The molecule has 0 saturated carbocycles. The number of halogens is 4. The van der Waals surface area contributed by atoms with Crippen LogP contribution >= 0.6 is 11.6 Å². The Kier molecular flexibility index (Phi) is 4.75. The average molecular weight is 279 g/mol. The Morgan fingerprint density at radius 1 is 1.39 bits per heavy atom. The molecule has 0 unspecified atom stereocenters. The molecule has 0 fully saturated rings. The van der Waals surface area contributed by atoms with Crippen molar-refractivity contribution >= 4 is 23.2 Å². The Hall–Kier alpha value is -1.53. The third-order valence-electron chi connectivity index (χ3n) is 1.90. The predicted octanol–water partition coefficient (Wildman–Crippen LogP) is 2.81. The fourth-order valence-electron chi connectivity index (χ4n) is 1.18. The smallest absolute Gasteiger partial charge is 0.327 e. The third kappa shape index (κ3) is 4.38. The maximum absolute atomic E-state index is 12.5. The summed E-state index contributed by atoms with van der Waals surface area (Å²) < 4.78 is 37.5. The number of amides is 1. The van der Waals surface area contributed by atoms with Crippen LogP contribution in [-0.2, 0) is 11.0 Å². The molecule has 3 N–H and O–H groups in total. The van der Waals surface area contributed by atoms with Gasteiger partial charge in [0, 0.05) is 23.3 Å². The van der Waals surface area contributed by atoms with E-state index in [1.807, 2.05) is 0 Å². The Balaban J connectivity index is 2.94. The lowest BCUT2D eigenvalue weighted by atomic mass is 10.2. The summed E-state index contributed by atoms with van der Waals surface area (Å²) in [5.41, 5.74) is 4.19. The summed E-state index contributed by atoms with van der Waals surface area (Å²) in [5.74, 6) is -0.573. The molecule has 0 atom stereocenters. The van der Waals surface area contributed by atoms with E-state index in [4.69, 9.17) is 17.3 Å². The SMILES string of the molecule is NC/C=C/C(=O)Nc1cc(Cl)cc(C(F)(F)F)c1. The van der Waals surface area contributed by atoms with E-state index in [0.717, 1.165) is 18.2 Å². The van der Waals surface area contributed by atoms with Gasteiger partial charge in [-0.05, 0) is 18.2 Å². The minimum Gasteiger partial charge on any atom is -0.327 e. The van der Waals surface area contributed by atoms with Crippen LogP contribution in [0.25, 0.3) is 0 Å². The van der Waals surface area contributed by atoms with Crippen LogP contribution in [0, 0.1) is 0 Å². The number of anilines is 1. The van der Waals surface area contributed by atoms with Crippen LogP contribution in [-0.4, -0.2) is 12.5 Å². The van der Waals surface area contributed by atoms with E-state index in [-0.39, 0.29) is 17.3 Å². The number of rotatable bonds is 3. The molecule has 0 heterocycles. The highest BCUT2D eigenvalue weighted by Gasteiger charge is 2.31. The molecule has 0 aliphatic heterocycles. The molecule has 0 bridgehead atoms. The van der Waals surface area contributed by atoms with E-state index in [0.29, 0.717) is 0 Å². The molecule has 3 nitrogen and oxygen atoms in total. The van der Waals surface area contributed by atoms with E-state index < -0.39 is 17.6 Å². The van der Waals surface area contributed by atoms with Gasteiger partial charge in [-0.15, -0.1) is 0 Å². The summed E-state index contributed by atoms with van der Waals surface area (Å²) >= 11 is 5.55. The molecule has 0 spiro atoms. The van der Waals surface area contributed by atoms with Gasteiger partial charge in [-0.2, -0.15) is 13.2 Å². The second kappa shape index (κ2) is 5.88. The molecule has 18 heavy (non-hydrogen) atoms. The zero-order chi connectivity index (χ0) is 13.8. The molecule has 0 aromatic heterocycles. The molecule has 98 valence electrons. The third-order valence-corrected chi connectivity index (χ3v) is 2.12. The second-order valence-corrected chi connectivity index (χ2v) is 3.79. The zero-order valence-corrected chi connectivity index (χ0v) is 9.85. The standard InChI is InChI=1S/C11H10ClF3N2O/c12-8-4-7(11(13,14)15)5-9(6-8)17-10(18)2-1-3-16/h1-2,4-6H,3,16H2,(H,17,18)/b2-1+. The van der Waals surface area contributed by atoms with Gasteiger partial charge < -0.3 is 11.1 Å². The van der Waals surface area contributed by atoms with Crippen molar-refractivity contribution in [3.63, 3.8) is 0 Å². The first-order valence-electron chi connectivity index (χ1n) is 4.88. The van der Waals surface area contributed by atoms with Crippen molar-refractivity contribution in [3.05, 3.63) is 40.9 Å². The van der Waals surface area contributed by atoms with Gasteiger partial charge in [-0.1, -0.05) is 17.7 Å². The zero-order valence-electron chi connectivity index (χ0n) is 9.09. The van der Waals surface area contributed by atoms with E-state index in [1.165, 1.54) is 12.1 Å². The van der Waals surface area contributed by atoms with Gasteiger partial charge in [-0.3, -0.25) is 4.79 Å². The molecule has 0 radical (unpaired) electrons. The van der Waals surface area contributed by atoms with Gasteiger partial charge in [0.2, 0.25) is 5.91 Å². The summed E-state index contributed by atoms with van der Waals surface area (Å²) in [5, 5.41) is 2.16. The number of alkyl halides is 3. The lowest BCUT2D eigenvalue weighted by Gasteiger charge is -2.10. The molecule has 1 amide bonds.